The van der Waals surface area contributed by atoms with Crippen molar-refractivity contribution in [3.8, 4) is 22.4 Å². The van der Waals surface area contributed by atoms with Crippen molar-refractivity contribution in [2.45, 2.75) is 0 Å². The third-order valence-electron chi connectivity index (χ3n) is 2.00. The van der Waals surface area contributed by atoms with Crippen LogP contribution in [0.1, 0.15) is 4.88 Å². The fraction of sp³-hybridized carbons (Fsp3) is 0.0909. The lowest BCUT2D eigenvalue weighted by atomic mass is 10.2. The molecular weight excluding hydrogens is 288 g/mol. The smallest absolute Gasteiger partial charge is 0.139 e. The van der Waals surface area contributed by atoms with Crippen LogP contribution in [0, 0.1) is 11.3 Å². The van der Waals surface area contributed by atoms with E-state index in [4.69, 9.17) is 10.00 Å². The summed E-state index contributed by atoms with van der Waals surface area (Å²) in [5.74, 6) is 0.780. The normalized spacial score (nSPS) is 9.81. The lowest BCUT2D eigenvalue weighted by molar-refractivity contribution is 0.415. The summed E-state index contributed by atoms with van der Waals surface area (Å²) in [6.45, 7) is 0. The van der Waals surface area contributed by atoms with Crippen LogP contribution < -0.4 is 4.74 Å². The number of thiazole rings is 1. The summed E-state index contributed by atoms with van der Waals surface area (Å²) in [4.78, 5) is 4.87. The molecular formula is C11H7BrN2OS. The van der Waals surface area contributed by atoms with Crippen molar-refractivity contribution in [2.75, 3.05) is 7.11 Å². The van der Waals surface area contributed by atoms with Crippen molar-refractivity contribution in [1.82, 2.24) is 4.98 Å². The Morgan fingerprint density at radius 1 is 1.50 bits per heavy atom. The Labute approximate surface area is 105 Å². The van der Waals surface area contributed by atoms with Gasteiger partial charge in [0.15, 0.2) is 0 Å². The van der Waals surface area contributed by atoms with Crippen LogP contribution in [-0.4, -0.2) is 12.1 Å². The predicted octanol–water partition coefficient (Wildman–Crippen LogP) is 3.45. The van der Waals surface area contributed by atoms with Crippen LogP contribution in [0.25, 0.3) is 10.6 Å². The van der Waals surface area contributed by atoms with Crippen molar-refractivity contribution < 1.29 is 4.74 Å². The average molecular weight is 295 g/mol. The second-order valence-electron chi connectivity index (χ2n) is 2.98. The molecule has 3 nitrogen and oxygen atoms in total. The lowest BCUT2D eigenvalue weighted by Crippen LogP contribution is -1.82. The van der Waals surface area contributed by atoms with Crippen molar-refractivity contribution in [2.24, 2.45) is 0 Å². The standard InChI is InChI=1S/C11H7BrN2OS/c1-15-8-4-2-3-7(5-8)11-14-10(12)9(6-13)16-11/h2-5H,1H3. The van der Waals surface area contributed by atoms with Crippen molar-refractivity contribution in [3.05, 3.63) is 33.7 Å². The predicted molar refractivity (Wildman–Crippen MR) is 66.5 cm³/mol. The van der Waals surface area contributed by atoms with Crippen LogP contribution in [0.3, 0.4) is 0 Å². The molecule has 0 N–H and O–H groups in total. The Morgan fingerprint density at radius 3 is 2.94 bits per heavy atom. The topological polar surface area (TPSA) is 45.9 Å². The van der Waals surface area contributed by atoms with Gasteiger partial charge in [-0.15, -0.1) is 11.3 Å². The van der Waals surface area contributed by atoms with Gasteiger partial charge in [-0.25, -0.2) is 4.98 Å². The van der Waals surface area contributed by atoms with Crippen LogP contribution in [0.2, 0.25) is 0 Å². The molecule has 0 saturated carbocycles. The maximum absolute atomic E-state index is 8.85. The van der Waals surface area contributed by atoms with Gasteiger partial charge in [-0.3, -0.25) is 0 Å². The van der Waals surface area contributed by atoms with Crippen LogP contribution in [0.15, 0.2) is 28.9 Å². The first-order chi connectivity index (χ1) is 7.74. The SMILES string of the molecule is COc1cccc(-c2nc(Br)c(C#N)s2)c1. The first-order valence-electron chi connectivity index (χ1n) is 4.45. The Balaban J connectivity index is 2.46. The quantitative estimate of drug-likeness (QED) is 0.852. The van der Waals surface area contributed by atoms with E-state index in [-0.39, 0.29) is 0 Å². The van der Waals surface area contributed by atoms with Gasteiger partial charge >= 0.3 is 0 Å². The second-order valence-corrected chi connectivity index (χ2v) is 4.73. The van der Waals surface area contributed by atoms with Gasteiger partial charge < -0.3 is 4.74 Å². The summed E-state index contributed by atoms with van der Waals surface area (Å²) in [5, 5.41) is 9.65. The van der Waals surface area contributed by atoms with Gasteiger partial charge in [0.1, 0.15) is 26.3 Å². The monoisotopic (exact) mass is 294 g/mol. The Kier molecular flexibility index (Phi) is 3.22. The van der Waals surface area contributed by atoms with E-state index >= 15 is 0 Å². The molecule has 0 aliphatic heterocycles. The molecule has 0 spiro atoms. The largest absolute Gasteiger partial charge is 0.497 e. The van der Waals surface area contributed by atoms with Crippen LogP contribution in [0.5, 0.6) is 5.75 Å². The molecule has 2 aromatic rings. The summed E-state index contributed by atoms with van der Waals surface area (Å²) in [6.07, 6.45) is 0. The first kappa shape index (κ1) is 11.1. The third-order valence-corrected chi connectivity index (χ3v) is 3.85. The molecule has 0 radical (unpaired) electrons. The number of methoxy groups -OCH3 is 1. The molecule has 2 rings (SSSR count). The van der Waals surface area contributed by atoms with E-state index in [0.717, 1.165) is 16.3 Å². The zero-order chi connectivity index (χ0) is 11.5. The summed E-state index contributed by atoms with van der Waals surface area (Å²) < 4.78 is 5.74. The first-order valence-corrected chi connectivity index (χ1v) is 6.06. The molecule has 1 heterocycles. The lowest BCUT2D eigenvalue weighted by Gasteiger charge is -2.00. The van der Waals surface area contributed by atoms with Gasteiger partial charge in [0, 0.05) is 5.56 Å². The Hall–Kier alpha value is -1.38. The van der Waals surface area contributed by atoms with E-state index in [1.807, 2.05) is 24.3 Å². The Morgan fingerprint density at radius 2 is 2.31 bits per heavy atom. The maximum atomic E-state index is 8.85. The van der Waals surface area contributed by atoms with Crippen molar-refractivity contribution in [3.63, 3.8) is 0 Å². The molecule has 16 heavy (non-hydrogen) atoms. The number of nitrogens with zero attached hydrogens (tertiary/aromatic N) is 2. The van der Waals surface area contributed by atoms with Gasteiger partial charge in [0.05, 0.1) is 7.11 Å². The molecule has 1 aromatic carbocycles. The molecule has 5 heteroatoms. The highest BCUT2D eigenvalue weighted by atomic mass is 79.9. The number of aromatic nitrogens is 1. The Bertz CT molecular complexity index is 559. The molecule has 0 bridgehead atoms. The molecule has 0 unspecified atom stereocenters. The van der Waals surface area contributed by atoms with E-state index in [9.17, 15) is 0 Å². The molecule has 1 aromatic heterocycles. The average Bonchev–Trinajstić information content (AvgIpc) is 2.71. The zero-order valence-electron chi connectivity index (χ0n) is 8.40. The molecule has 0 amide bonds. The molecule has 0 saturated heterocycles. The number of hydrogen-bond donors (Lipinski definition) is 0. The number of halogens is 1. The summed E-state index contributed by atoms with van der Waals surface area (Å²) in [6, 6.07) is 9.70. The summed E-state index contributed by atoms with van der Waals surface area (Å²) >= 11 is 4.61. The highest BCUT2D eigenvalue weighted by Crippen LogP contribution is 2.31. The minimum absolute atomic E-state index is 0.581. The van der Waals surface area contributed by atoms with E-state index in [2.05, 4.69) is 27.0 Å². The van der Waals surface area contributed by atoms with Gasteiger partial charge in [-0.05, 0) is 28.1 Å². The fourth-order valence-electron chi connectivity index (χ4n) is 1.25. The third kappa shape index (κ3) is 2.08. The van der Waals surface area contributed by atoms with Gasteiger partial charge in [0.2, 0.25) is 0 Å². The number of ether oxygens (including phenoxy) is 1. The minimum Gasteiger partial charge on any atom is -0.497 e. The zero-order valence-corrected chi connectivity index (χ0v) is 10.8. The van der Waals surface area contributed by atoms with Crippen LogP contribution in [-0.2, 0) is 0 Å². The van der Waals surface area contributed by atoms with Crippen molar-refractivity contribution in [1.29, 1.82) is 5.26 Å². The second kappa shape index (κ2) is 4.64. The summed E-state index contributed by atoms with van der Waals surface area (Å²) in [5.41, 5.74) is 0.951. The summed E-state index contributed by atoms with van der Waals surface area (Å²) in [7, 11) is 1.62. The molecule has 0 atom stereocenters. The number of rotatable bonds is 2. The van der Waals surface area contributed by atoms with E-state index < -0.39 is 0 Å². The molecule has 0 aliphatic rings. The highest BCUT2D eigenvalue weighted by molar-refractivity contribution is 9.10. The number of benzene rings is 1. The molecule has 80 valence electrons. The number of hydrogen-bond acceptors (Lipinski definition) is 4. The fourth-order valence-corrected chi connectivity index (χ4v) is 2.63. The minimum atomic E-state index is 0.581. The van der Waals surface area contributed by atoms with E-state index in [1.54, 1.807) is 7.11 Å². The van der Waals surface area contributed by atoms with E-state index in [0.29, 0.717) is 9.48 Å². The number of nitriles is 1. The molecule has 0 aliphatic carbocycles. The van der Waals surface area contributed by atoms with Gasteiger partial charge in [-0.2, -0.15) is 5.26 Å². The van der Waals surface area contributed by atoms with E-state index in [1.165, 1.54) is 11.3 Å². The maximum Gasteiger partial charge on any atom is 0.139 e. The van der Waals surface area contributed by atoms with Crippen molar-refractivity contribution >= 4 is 27.3 Å². The molecule has 0 fully saturated rings. The highest BCUT2D eigenvalue weighted by Gasteiger charge is 2.10. The van der Waals surface area contributed by atoms with Crippen LogP contribution in [0.4, 0.5) is 0 Å². The van der Waals surface area contributed by atoms with Gasteiger partial charge in [0.25, 0.3) is 0 Å². The van der Waals surface area contributed by atoms with Gasteiger partial charge in [-0.1, -0.05) is 12.1 Å². The van der Waals surface area contributed by atoms with Crippen LogP contribution >= 0.6 is 27.3 Å².